The number of nitrogens with zero attached hydrogens (tertiary/aromatic N) is 3. The number of likely N-dealkylation sites (tertiary alicyclic amines) is 1. The first-order chi connectivity index (χ1) is 16.1. The van der Waals surface area contributed by atoms with Gasteiger partial charge in [0.2, 0.25) is 0 Å². The molecule has 3 aromatic rings. The smallest absolute Gasteiger partial charge is 0.625 e. The maximum absolute atomic E-state index is 13.2. The Balaban J connectivity index is 0.00000324. The molecule has 7 heteroatoms. The molecule has 0 spiro atoms. The molecule has 1 fully saturated rings. The first-order valence-corrected chi connectivity index (χ1v) is 11.0. The second-order valence-corrected chi connectivity index (χ2v) is 7.98. The SMILES string of the molecule is O=C([O-])C/N=C(\c1ccccc1)c1ccccc1[N-]C(=O)[C@@H]1CCCN1Cc1ccccc1.[Ni+2]. The summed E-state index contributed by atoms with van der Waals surface area (Å²) in [5.41, 5.74) is 3.49. The summed E-state index contributed by atoms with van der Waals surface area (Å²) < 4.78 is 0. The molecule has 0 aromatic heterocycles. The Labute approximate surface area is 209 Å². The van der Waals surface area contributed by atoms with Crippen LogP contribution in [-0.4, -0.2) is 41.6 Å². The van der Waals surface area contributed by atoms with E-state index < -0.39 is 12.5 Å². The van der Waals surface area contributed by atoms with Gasteiger partial charge in [-0.2, -0.15) is 0 Å². The molecule has 3 aromatic carbocycles. The van der Waals surface area contributed by atoms with Crippen molar-refractivity contribution in [3.8, 4) is 0 Å². The van der Waals surface area contributed by atoms with Crippen LogP contribution in [0.1, 0.15) is 29.5 Å². The van der Waals surface area contributed by atoms with Gasteiger partial charge in [-0.15, -0.1) is 5.69 Å². The minimum atomic E-state index is -1.27. The Morgan fingerprint density at radius 3 is 2.29 bits per heavy atom. The molecular formula is C27H25N3NiO3. The number of aliphatic carboxylic acids is 1. The summed E-state index contributed by atoms with van der Waals surface area (Å²) in [6.45, 7) is 1.08. The van der Waals surface area contributed by atoms with Crippen molar-refractivity contribution in [2.45, 2.75) is 25.4 Å². The van der Waals surface area contributed by atoms with E-state index in [-0.39, 0.29) is 28.4 Å². The van der Waals surface area contributed by atoms with Crippen LogP contribution in [0.2, 0.25) is 0 Å². The van der Waals surface area contributed by atoms with E-state index in [0.29, 0.717) is 23.5 Å². The van der Waals surface area contributed by atoms with Crippen LogP contribution < -0.4 is 5.11 Å². The minimum absolute atomic E-state index is 0. The zero-order valence-electron chi connectivity index (χ0n) is 18.6. The number of carboxylic acid groups (broad SMARTS) is 1. The second kappa shape index (κ2) is 12.3. The van der Waals surface area contributed by atoms with Gasteiger partial charge in [0.25, 0.3) is 0 Å². The van der Waals surface area contributed by atoms with E-state index in [1.54, 1.807) is 6.07 Å². The number of hydrogen-bond acceptors (Lipinski definition) is 5. The third-order valence-corrected chi connectivity index (χ3v) is 5.68. The maximum atomic E-state index is 13.2. The standard InChI is InChI=1S/C27H27N3O3.Ni/c31-25(32)18-28-26(21-12-5-2-6-13-21)22-14-7-8-15-23(22)29-27(33)24-16-9-17-30(24)19-20-10-3-1-4-11-20;/h1-8,10-15,24H,9,16-19H2,(H2,28,29,31,32,33);/q;+2/p-2/t24-;/m0./s1. The molecule has 1 heterocycles. The topological polar surface area (TPSA) is 86.9 Å². The monoisotopic (exact) mass is 497 g/mol. The second-order valence-electron chi connectivity index (χ2n) is 7.98. The van der Waals surface area contributed by atoms with Crippen LogP contribution >= 0.6 is 0 Å². The molecule has 176 valence electrons. The molecule has 0 radical (unpaired) electrons. The fraction of sp³-hybridized carbons (Fsp3) is 0.222. The van der Waals surface area contributed by atoms with Crippen LogP contribution in [-0.2, 0) is 32.6 Å². The van der Waals surface area contributed by atoms with Crippen LogP contribution in [0.4, 0.5) is 5.69 Å². The van der Waals surface area contributed by atoms with Crippen LogP contribution in [0.5, 0.6) is 0 Å². The van der Waals surface area contributed by atoms with Gasteiger partial charge < -0.3 is 20.0 Å². The summed E-state index contributed by atoms with van der Waals surface area (Å²) in [6.07, 6.45) is 1.71. The van der Waals surface area contributed by atoms with Gasteiger partial charge in [0.1, 0.15) is 0 Å². The summed E-state index contributed by atoms with van der Waals surface area (Å²) in [4.78, 5) is 30.8. The van der Waals surface area contributed by atoms with Crippen molar-refractivity contribution in [1.29, 1.82) is 0 Å². The van der Waals surface area contributed by atoms with Crippen molar-refractivity contribution < 1.29 is 31.2 Å². The van der Waals surface area contributed by atoms with Crippen molar-refractivity contribution in [2.75, 3.05) is 13.1 Å². The quantitative estimate of drug-likeness (QED) is 0.352. The number of carboxylic acids is 1. The van der Waals surface area contributed by atoms with Crippen LogP contribution in [0.15, 0.2) is 89.9 Å². The fourth-order valence-corrected chi connectivity index (χ4v) is 4.15. The third kappa shape index (κ3) is 6.40. The molecule has 1 aliphatic heterocycles. The summed E-state index contributed by atoms with van der Waals surface area (Å²) in [7, 11) is 0. The molecule has 0 bridgehead atoms. The maximum Gasteiger partial charge on any atom is 2.00 e. The van der Waals surface area contributed by atoms with Crippen LogP contribution in [0.25, 0.3) is 5.32 Å². The molecular weight excluding hydrogens is 473 g/mol. The van der Waals surface area contributed by atoms with Gasteiger partial charge in [-0.05, 0) is 30.5 Å². The molecule has 0 N–H and O–H groups in total. The Morgan fingerprint density at radius 1 is 0.941 bits per heavy atom. The predicted molar refractivity (Wildman–Crippen MR) is 126 cm³/mol. The molecule has 0 saturated carbocycles. The van der Waals surface area contributed by atoms with E-state index in [4.69, 9.17) is 0 Å². The first-order valence-electron chi connectivity index (χ1n) is 11.0. The van der Waals surface area contributed by atoms with Gasteiger partial charge in [0.05, 0.1) is 30.2 Å². The largest absolute Gasteiger partial charge is 2.00 e. The molecule has 0 unspecified atom stereocenters. The Bertz CT molecular complexity index is 1140. The number of para-hydroxylation sites is 1. The van der Waals surface area contributed by atoms with E-state index in [1.807, 2.05) is 66.7 Å². The van der Waals surface area contributed by atoms with Crippen molar-refractivity contribution in [1.82, 2.24) is 4.90 Å². The molecule has 1 saturated heterocycles. The Morgan fingerprint density at radius 2 is 1.59 bits per heavy atom. The summed E-state index contributed by atoms with van der Waals surface area (Å²) in [6, 6.07) is 26.3. The van der Waals surface area contributed by atoms with Gasteiger partial charge in [0, 0.05) is 12.1 Å². The average molecular weight is 498 g/mol. The fourth-order valence-electron chi connectivity index (χ4n) is 4.15. The van der Waals surface area contributed by atoms with E-state index in [9.17, 15) is 14.7 Å². The number of aliphatic imine (C=N–C) groups is 1. The predicted octanol–water partition coefficient (Wildman–Crippen LogP) is 3.47. The molecule has 6 nitrogen and oxygen atoms in total. The van der Waals surface area contributed by atoms with Crippen LogP contribution in [0, 0.1) is 0 Å². The third-order valence-electron chi connectivity index (χ3n) is 5.68. The molecule has 0 aliphatic carbocycles. The normalized spacial score (nSPS) is 16.0. The number of hydrogen-bond donors (Lipinski definition) is 0. The molecule has 4 rings (SSSR count). The molecule has 34 heavy (non-hydrogen) atoms. The van der Waals surface area contributed by atoms with Gasteiger partial charge in [-0.25, -0.2) is 0 Å². The van der Waals surface area contributed by atoms with Crippen molar-refractivity contribution in [3.05, 3.63) is 107 Å². The number of carbonyl (C=O) groups is 2. The van der Waals surface area contributed by atoms with Crippen molar-refractivity contribution in [2.24, 2.45) is 4.99 Å². The molecule has 1 aliphatic rings. The summed E-state index contributed by atoms with van der Waals surface area (Å²) >= 11 is 0. The molecule has 1 amide bonds. The number of amides is 1. The Hall–Kier alpha value is -3.28. The summed E-state index contributed by atoms with van der Waals surface area (Å²) in [5, 5.41) is 15.6. The van der Waals surface area contributed by atoms with Crippen LogP contribution in [0.3, 0.4) is 0 Å². The van der Waals surface area contributed by atoms with E-state index in [1.165, 1.54) is 5.56 Å². The van der Waals surface area contributed by atoms with Crippen molar-refractivity contribution >= 4 is 23.3 Å². The minimum Gasteiger partial charge on any atom is -0.625 e. The van der Waals surface area contributed by atoms with Gasteiger partial charge in [-0.1, -0.05) is 84.9 Å². The van der Waals surface area contributed by atoms with E-state index >= 15 is 0 Å². The zero-order chi connectivity index (χ0) is 23.0. The summed E-state index contributed by atoms with van der Waals surface area (Å²) in [5.74, 6) is -1.46. The van der Waals surface area contributed by atoms with Gasteiger partial charge >= 0.3 is 16.5 Å². The van der Waals surface area contributed by atoms with E-state index in [2.05, 4.69) is 27.3 Å². The molecule has 1 atom stereocenters. The van der Waals surface area contributed by atoms with Gasteiger partial charge in [-0.3, -0.25) is 9.89 Å². The number of rotatable bonds is 8. The van der Waals surface area contributed by atoms with E-state index in [0.717, 1.165) is 24.9 Å². The van der Waals surface area contributed by atoms with Gasteiger partial charge in [0.15, 0.2) is 0 Å². The van der Waals surface area contributed by atoms with Crippen molar-refractivity contribution in [3.63, 3.8) is 0 Å². The number of carbonyl (C=O) groups excluding carboxylic acids is 2. The first kappa shape index (κ1) is 25.3. The number of benzene rings is 3. The Kier molecular flexibility index (Phi) is 9.14. The zero-order valence-corrected chi connectivity index (χ0v) is 19.6. The average Bonchev–Trinajstić information content (AvgIpc) is 3.29.